The molecule has 0 amide bonds. The summed E-state index contributed by atoms with van der Waals surface area (Å²) in [5.74, 6) is -1.42. The lowest BCUT2D eigenvalue weighted by Gasteiger charge is -2.22. The maximum Gasteiger partial charge on any atom is 0.166 e. The van der Waals surface area contributed by atoms with Crippen LogP contribution in [0.2, 0.25) is 0 Å². The third kappa shape index (κ3) is 5.36. The normalized spacial score (nSPS) is 15.6. The van der Waals surface area contributed by atoms with Gasteiger partial charge in [-0.3, -0.25) is 0 Å². The highest BCUT2D eigenvalue weighted by Crippen LogP contribution is 2.35. The molecular formula is C29H27F3O2. The van der Waals surface area contributed by atoms with Crippen molar-refractivity contribution in [2.24, 2.45) is 5.92 Å². The zero-order chi connectivity index (χ0) is 24.1. The number of rotatable bonds is 8. The van der Waals surface area contributed by atoms with Gasteiger partial charge >= 0.3 is 0 Å². The first-order chi connectivity index (χ1) is 16.5. The molecule has 1 aliphatic carbocycles. The second-order valence-corrected chi connectivity index (χ2v) is 8.60. The molecule has 0 radical (unpaired) electrons. The Balaban J connectivity index is 1.37. The van der Waals surface area contributed by atoms with E-state index in [0.29, 0.717) is 23.5 Å². The van der Waals surface area contributed by atoms with Crippen LogP contribution in [-0.4, -0.2) is 11.7 Å². The lowest BCUT2D eigenvalue weighted by atomic mass is 9.83. The lowest BCUT2D eigenvalue weighted by molar-refractivity contribution is 0.342. The first-order valence-corrected chi connectivity index (χ1v) is 11.4. The fraction of sp³-hybridized carbons (Fsp3) is 0.241. The van der Waals surface area contributed by atoms with Crippen molar-refractivity contribution in [1.82, 2.24) is 0 Å². The van der Waals surface area contributed by atoms with Crippen molar-refractivity contribution >= 4 is 5.57 Å². The Hall–Kier alpha value is -3.47. The van der Waals surface area contributed by atoms with E-state index >= 15 is 0 Å². The molecule has 5 heteroatoms. The maximum atomic E-state index is 14.7. The number of benzene rings is 3. The van der Waals surface area contributed by atoms with Crippen LogP contribution in [-0.2, 0) is 6.42 Å². The highest BCUT2D eigenvalue weighted by Gasteiger charge is 2.19. The molecule has 1 aliphatic rings. The minimum absolute atomic E-state index is 0.0747. The van der Waals surface area contributed by atoms with Gasteiger partial charge in [-0.25, -0.2) is 13.2 Å². The smallest absolute Gasteiger partial charge is 0.166 e. The van der Waals surface area contributed by atoms with Crippen molar-refractivity contribution in [3.63, 3.8) is 0 Å². The molecule has 2 nitrogen and oxygen atoms in total. The Kier molecular flexibility index (Phi) is 7.41. The highest BCUT2D eigenvalue weighted by atomic mass is 19.2. The summed E-state index contributed by atoms with van der Waals surface area (Å²) in [6.45, 7) is 3.82. The molecule has 0 aromatic heterocycles. The van der Waals surface area contributed by atoms with E-state index in [1.54, 1.807) is 36.4 Å². The Morgan fingerprint density at radius 2 is 1.74 bits per heavy atom. The highest BCUT2D eigenvalue weighted by molar-refractivity contribution is 5.67. The Morgan fingerprint density at radius 3 is 2.41 bits per heavy atom. The fourth-order valence-corrected chi connectivity index (χ4v) is 4.39. The molecule has 0 spiro atoms. The lowest BCUT2D eigenvalue weighted by Crippen LogP contribution is -2.08. The third-order valence-electron chi connectivity index (χ3n) is 6.34. The van der Waals surface area contributed by atoms with Gasteiger partial charge in [-0.05, 0) is 84.6 Å². The topological polar surface area (TPSA) is 29.5 Å². The quantitative estimate of drug-likeness (QED) is 0.344. The van der Waals surface area contributed by atoms with E-state index in [9.17, 15) is 18.3 Å². The van der Waals surface area contributed by atoms with Crippen LogP contribution < -0.4 is 4.74 Å². The number of aryl methyl sites for hydroxylation is 1. The van der Waals surface area contributed by atoms with Crippen LogP contribution in [0, 0.1) is 23.4 Å². The van der Waals surface area contributed by atoms with Gasteiger partial charge in [0.05, 0.1) is 0 Å². The Morgan fingerprint density at radius 1 is 0.971 bits per heavy atom. The molecule has 34 heavy (non-hydrogen) atoms. The number of allylic oxidation sites excluding steroid dienone is 2. The third-order valence-corrected chi connectivity index (χ3v) is 6.34. The van der Waals surface area contributed by atoms with Crippen molar-refractivity contribution in [2.75, 3.05) is 6.61 Å². The van der Waals surface area contributed by atoms with E-state index in [-0.39, 0.29) is 23.7 Å². The number of aromatic hydroxyl groups is 1. The van der Waals surface area contributed by atoms with Gasteiger partial charge < -0.3 is 9.84 Å². The van der Waals surface area contributed by atoms with E-state index < -0.39 is 17.5 Å². The summed E-state index contributed by atoms with van der Waals surface area (Å²) >= 11 is 0. The summed E-state index contributed by atoms with van der Waals surface area (Å²) in [4.78, 5) is 0. The molecule has 1 atom stereocenters. The van der Waals surface area contributed by atoms with Crippen LogP contribution in [0.5, 0.6) is 11.5 Å². The first-order valence-electron chi connectivity index (χ1n) is 11.4. The van der Waals surface area contributed by atoms with Crippen molar-refractivity contribution in [3.8, 4) is 22.6 Å². The summed E-state index contributed by atoms with van der Waals surface area (Å²) in [7, 11) is 0. The van der Waals surface area contributed by atoms with Crippen LogP contribution in [0.15, 0.2) is 73.3 Å². The van der Waals surface area contributed by atoms with Crippen LogP contribution in [0.1, 0.15) is 36.8 Å². The summed E-state index contributed by atoms with van der Waals surface area (Å²) in [6.07, 6.45) is 7.45. The largest absolute Gasteiger partial charge is 0.508 e. The molecule has 0 fully saturated rings. The molecule has 0 heterocycles. The zero-order valence-corrected chi connectivity index (χ0v) is 18.9. The van der Waals surface area contributed by atoms with Gasteiger partial charge in [0.1, 0.15) is 12.4 Å². The van der Waals surface area contributed by atoms with Crippen molar-refractivity contribution in [1.29, 1.82) is 0 Å². The summed E-state index contributed by atoms with van der Waals surface area (Å²) < 4.78 is 49.0. The molecule has 3 aromatic rings. The van der Waals surface area contributed by atoms with Gasteiger partial charge in [-0.1, -0.05) is 49.1 Å². The Bertz CT molecular complexity index is 1200. The molecule has 0 saturated carbocycles. The number of ether oxygens (including phenoxy) is 1. The molecule has 1 N–H and O–H groups in total. The van der Waals surface area contributed by atoms with E-state index in [2.05, 4.69) is 12.7 Å². The number of halogens is 3. The minimum atomic E-state index is -0.864. The molecular weight excluding hydrogens is 437 g/mol. The predicted octanol–water partition coefficient (Wildman–Crippen LogP) is 7.86. The second kappa shape index (κ2) is 10.6. The fourth-order valence-electron chi connectivity index (χ4n) is 4.39. The molecule has 176 valence electrons. The SMILES string of the molecule is C=CCOc1ccc(C2=CCC(CCc3ccc(-c4ccc(O)cc4)c(F)c3F)CC2)cc1F. The van der Waals surface area contributed by atoms with Crippen molar-refractivity contribution in [2.45, 2.75) is 32.1 Å². The maximum absolute atomic E-state index is 14.7. The zero-order valence-electron chi connectivity index (χ0n) is 18.9. The Labute approximate surface area is 198 Å². The van der Waals surface area contributed by atoms with Crippen LogP contribution in [0.25, 0.3) is 16.7 Å². The van der Waals surface area contributed by atoms with Gasteiger partial charge in [-0.2, -0.15) is 0 Å². The summed E-state index contributed by atoms with van der Waals surface area (Å²) in [5.41, 5.74) is 3.01. The standard InChI is InChI=1S/C29H27F3O2/c1-2-17-34-27-16-12-23(18-26(27)30)20-6-3-19(4-7-20)5-8-22-11-15-25(29(32)28(22)31)21-9-13-24(33)14-10-21/h2,6,9-16,18-19,33H,1,3-5,7-8,17H2. The van der Waals surface area contributed by atoms with Crippen molar-refractivity contribution in [3.05, 3.63) is 102 Å². The van der Waals surface area contributed by atoms with Crippen molar-refractivity contribution < 1.29 is 23.0 Å². The molecule has 3 aromatic carbocycles. The number of phenolic OH excluding ortho intramolecular Hbond substituents is 1. The van der Waals surface area contributed by atoms with E-state index in [4.69, 9.17) is 4.74 Å². The molecule has 1 unspecified atom stereocenters. The second-order valence-electron chi connectivity index (χ2n) is 8.60. The van der Waals surface area contributed by atoms with E-state index in [0.717, 1.165) is 36.8 Å². The number of phenols is 1. The van der Waals surface area contributed by atoms with Gasteiger partial charge in [0.2, 0.25) is 0 Å². The number of hydrogen-bond acceptors (Lipinski definition) is 2. The molecule has 0 saturated heterocycles. The first kappa shape index (κ1) is 23.7. The van der Waals surface area contributed by atoms with Crippen LogP contribution in [0.4, 0.5) is 13.2 Å². The van der Waals surface area contributed by atoms with Crippen LogP contribution >= 0.6 is 0 Å². The summed E-state index contributed by atoms with van der Waals surface area (Å²) in [5, 5.41) is 9.40. The van der Waals surface area contributed by atoms with Gasteiger partial charge in [-0.15, -0.1) is 0 Å². The monoisotopic (exact) mass is 464 g/mol. The minimum Gasteiger partial charge on any atom is -0.508 e. The molecule has 4 rings (SSSR count). The van der Waals surface area contributed by atoms with E-state index in [1.807, 2.05) is 6.07 Å². The number of hydrogen-bond donors (Lipinski definition) is 1. The van der Waals surface area contributed by atoms with Crippen LogP contribution in [0.3, 0.4) is 0 Å². The average Bonchev–Trinajstić information content (AvgIpc) is 2.85. The average molecular weight is 465 g/mol. The van der Waals surface area contributed by atoms with Gasteiger partial charge in [0.15, 0.2) is 23.2 Å². The predicted molar refractivity (Wildman–Crippen MR) is 129 cm³/mol. The van der Waals surface area contributed by atoms with Gasteiger partial charge in [0.25, 0.3) is 0 Å². The molecule has 0 bridgehead atoms. The summed E-state index contributed by atoms with van der Waals surface area (Å²) in [6, 6.07) is 14.3. The van der Waals surface area contributed by atoms with E-state index in [1.165, 1.54) is 18.2 Å². The van der Waals surface area contributed by atoms with Gasteiger partial charge in [0, 0.05) is 5.56 Å². The molecule has 0 aliphatic heterocycles.